The lowest BCUT2D eigenvalue weighted by atomic mass is 9.57. The van der Waals surface area contributed by atoms with E-state index >= 15 is 0 Å². The third-order valence-electron chi connectivity index (χ3n) is 8.60. The minimum atomic E-state index is -1.65. The molecule has 210 valence electrons. The summed E-state index contributed by atoms with van der Waals surface area (Å²) in [5.74, 6) is -0.417. The number of nitrogens with one attached hydrogen (secondary N) is 3. The van der Waals surface area contributed by atoms with Gasteiger partial charge in [0.05, 0.1) is 52.1 Å². The number of anilines is 1. The van der Waals surface area contributed by atoms with Gasteiger partial charge in [0, 0.05) is 24.2 Å². The quantitative estimate of drug-likeness (QED) is 0.338. The second-order valence-electron chi connectivity index (χ2n) is 11.6. The van der Waals surface area contributed by atoms with Crippen LogP contribution in [0.2, 0.25) is 0 Å². The van der Waals surface area contributed by atoms with Crippen LogP contribution in [0.1, 0.15) is 68.3 Å². The molecule has 0 aromatic carbocycles. The molecule has 0 aliphatic heterocycles. The lowest BCUT2D eigenvalue weighted by Crippen LogP contribution is -2.55. The zero-order valence-corrected chi connectivity index (χ0v) is 22.9. The molecule has 2 bridgehead atoms. The van der Waals surface area contributed by atoms with E-state index in [9.17, 15) is 24.3 Å². The second kappa shape index (κ2) is 10.2. The molecule has 1 unspecified atom stereocenters. The lowest BCUT2D eigenvalue weighted by Gasteiger charge is -2.53. The summed E-state index contributed by atoms with van der Waals surface area (Å²) in [5, 5.41) is 32.6. The molecule has 0 saturated heterocycles. The van der Waals surface area contributed by atoms with Crippen LogP contribution < -0.4 is 16.0 Å². The molecule has 3 aliphatic carbocycles. The summed E-state index contributed by atoms with van der Waals surface area (Å²) in [6, 6.07) is 9.31. The highest BCUT2D eigenvalue weighted by Crippen LogP contribution is 2.53. The Balaban J connectivity index is 1.48. The predicted molar refractivity (Wildman–Crippen MR) is 147 cm³/mol. The van der Waals surface area contributed by atoms with Crippen LogP contribution in [0.4, 0.5) is 10.1 Å². The molecule has 3 saturated carbocycles. The number of hydrogen-bond donors (Lipinski definition) is 4. The van der Waals surface area contributed by atoms with Crippen LogP contribution in [0.3, 0.4) is 0 Å². The number of aliphatic hydroxyl groups is 1. The maximum Gasteiger partial charge on any atom is 0.255 e. The van der Waals surface area contributed by atoms with Crippen LogP contribution >= 0.6 is 0 Å². The lowest BCUT2D eigenvalue weighted by molar-refractivity contribution is -0.136. The van der Waals surface area contributed by atoms with Crippen molar-refractivity contribution in [1.29, 1.82) is 5.26 Å². The monoisotopic (exact) mass is 547 g/mol. The van der Waals surface area contributed by atoms with Crippen molar-refractivity contribution in [3.63, 3.8) is 0 Å². The highest BCUT2D eigenvalue weighted by atomic mass is 19.1. The average molecular weight is 548 g/mol. The first-order valence-corrected chi connectivity index (χ1v) is 13.5. The molecule has 40 heavy (non-hydrogen) atoms. The summed E-state index contributed by atoms with van der Waals surface area (Å²) in [6.07, 6.45) is 5.88. The van der Waals surface area contributed by atoms with Gasteiger partial charge >= 0.3 is 0 Å². The van der Waals surface area contributed by atoms with E-state index in [0.717, 1.165) is 44.0 Å². The van der Waals surface area contributed by atoms with Gasteiger partial charge in [-0.3, -0.25) is 14.6 Å². The van der Waals surface area contributed by atoms with Gasteiger partial charge in [0.1, 0.15) is 12.2 Å². The third-order valence-corrected chi connectivity index (χ3v) is 8.60. The number of carbonyl (C=O) groups excluding carboxylic acids is 2. The number of alkyl halides is 1. The smallest absolute Gasteiger partial charge is 0.255 e. The summed E-state index contributed by atoms with van der Waals surface area (Å²) < 4.78 is 16.1. The van der Waals surface area contributed by atoms with Gasteiger partial charge in [-0.2, -0.15) is 10.4 Å². The molecule has 0 spiro atoms. The van der Waals surface area contributed by atoms with E-state index < -0.39 is 17.7 Å². The Morgan fingerprint density at radius 3 is 2.50 bits per heavy atom. The number of aromatic nitrogens is 3. The minimum absolute atomic E-state index is 0.0896. The van der Waals surface area contributed by atoms with Crippen LogP contribution in [0, 0.1) is 16.7 Å². The van der Waals surface area contributed by atoms with Gasteiger partial charge in [0.15, 0.2) is 0 Å². The van der Waals surface area contributed by atoms with E-state index in [0.29, 0.717) is 22.6 Å². The Kier molecular flexibility index (Phi) is 7.00. The fraction of sp³-hybridized carbons (Fsp3) is 0.483. The Bertz CT molecular complexity index is 1480. The number of fused-ring (bicyclic) bond motifs is 4. The topological polar surface area (TPSA) is 144 Å². The van der Waals surface area contributed by atoms with Gasteiger partial charge in [-0.1, -0.05) is 0 Å². The van der Waals surface area contributed by atoms with Gasteiger partial charge in [-0.15, -0.1) is 0 Å². The highest BCUT2D eigenvalue weighted by Gasteiger charge is 2.52. The Morgan fingerprint density at radius 2 is 1.88 bits per heavy atom. The van der Waals surface area contributed by atoms with E-state index in [1.165, 1.54) is 26.2 Å². The first-order chi connectivity index (χ1) is 19.0. The van der Waals surface area contributed by atoms with Gasteiger partial charge in [-0.25, -0.2) is 8.91 Å². The van der Waals surface area contributed by atoms with Crippen LogP contribution in [-0.2, 0) is 4.79 Å². The molecule has 3 aliphatic rings. The van der Waals surface area contributed by atoms with Gasteiger partial charge < -0.3 is 21.1 Å². The van der Waals surface area contributed by atoms with E-state index in [1.54, 1.807) is 23.7 Å². The Morgan fingerprint density at radius 1 is 1.18 bits per heavy atom. The molecule has 4 N–H and O–H groups in total. The number of amides is 2. The number of carbonyl (C=O) groups is 2. The fourth-order valence-corrected chi connectivity index (χ4v) is 5.93. The van der Waals surface area contributed by atoms with Crippen LogP contribution in [0.5, 0.6) is 0 Å². The van der Waals surface area contributed by atoms with E-state index in [4.69, 9.17) is 0 Å². The molecule has 3 heterocycles. The summed E-state index contributed by atoms with van der Waals surface area (Å²) in [7, 11) is 1.68. The molecular weight excluding hydrogens is 513 g/mol. The highest BCUT2D eigenvalue weighted by molar-refractivity contribution is 6.00. The summed E-state index contributed by atoms with van der Waals surface area (Å²) >= 11 is 0. The second-order valence-corrected chi connectivity index (χ2v) is 11.6. The Labute approximate surface area is 232 Å². The van der Waals surface area contributed by atoms with Gasteiger partial charge in [0.25, 0.3) is 5.91 Å². The molecule has 3 aromatic heterocycles. The van der Waals surface area contributed by atoms with Crippen molar-refractivity contribution in [2.75, 3.05) is 18.9 Å². The molecule has 3 aromatic rings. The predicted octanol–water partition coefficient (Wildman–Crippen LogP) is 3.36. The molecule has 10 nitrogen and oxygen atoms in total. The van der Waals surface area contributed by atoms with Crippen LogP contribution in [0.25, 0.3) is 16.9 Å². The molecule has 6 rings (SSSR count). The number of halogens is 1. The zero-order chi connectivity index (χ0) is 28.7. The fourth-order valence-electron chi connectivity index (χ4n) is 5.93. The minimum Gasteiger partial charge on any atom is -0.387 e. The van der Waals surface area contributed by atoms with Crippen LogP contribution in [-0.4, -0.2) is 62.4 Å². The number of nitriles is 1. The summed E-state index contributed by atoms with van der Waals surface area (Å²) in [4.78, 5) is 30.4. The van der Waals surface area contributed by atoms with Crippen molar-refractivity contribution in [1.82, 2.24) is 25.2 Å². The van der Waals surface area contributed by atoms with Gasteiger partial charge in [0.2, 0.25) is 5.91 Å². The standard InChI is InChI=1S/C29H34FN7O3/c1-27(2,40)24(30)17-34-25(38)20-16-33-22(23-5-4-19-12-18(14-31)15-35-37(19)23)13-21(20)36-29-9-6-28(7-10-29,8-11-29)26(39)32-3/h4-5,12-13,15-16,24,40H,6-11,17H2,1-3H3,(H,32,39)(H,33,36)(H,34,38). The van der Waals surface area contributed by atoms with E-state index in [-0.39, 0.29) is 29.0 Å². The maximum absolute atomic E-state index is 14.4. The van der Waals surface area contributed by atoms with Crippen molar-refractivity contribution in [2.45, 2.75) is 69.7 Å². The molecule has 11 heteroatoms. The van der Waals surface area contributed by atoms with Crippen molar-refractivity contribution in [3.05, 3.63) is 47.8 Å². The van der Waals surface area contributed by atoms with Crippen molar-refractivity contribution in [2.24, 2.45) is 5.41 Å². The third kappa shape index (κ3) is 4.99. The Hall–Kier alpha value is -4.04. The normalized spacial score (nSPS) is 22.9. The van der Waals surface area contributed by atoms with E-state index in [2.05, 4.69) is 32.1 Å². The molecule has 3 fully saturated rings. The number of hydrogen-bond acceptors (Lipinski definition) is 7. The SMILES string of the molecule is CNC(=O)C12CCC(Nc3cc(-c4ccc5cc(C#N)cnn45)ncc3C(=O)NCC(F)C(C)(C)O)(CC1)CC2. The maximum atomic E-state index is 14.4. The van der Waals surface area contributed by atoms with Gasteiger partial charge in [-0.05, 0) is 76.6 Å². The molecule has 1 atom stereocenters. The number of pyridine rings is 1. The van der Waals surface area contributed by atoms with Crippen molar-refractivity contribution in [3.8, 4) is 17.5 Å². The number of rotatable bonds is 8. The molecule has 0 radical (unpaired) electrons. The first kappa shape index (κ1) is 27.5. The molecular formula is C29H34FN7O3. The summed E-state index contributed by atoms with van der Waals surface area (Å²) in [5.41, 5.74) is 1.02. The summed E-state index contributed by atoms with van der Waals surface area (Å²) in [6.45, 7) is 2.36. The average Bonchev–Trinajstić information content (AvgIpc) is 3.38. The number of nitrogens with zero attached hydrogens (tertiary/aromatic N) is 4. The van der Waals surface area contributed by atoms with Crippen molar-refractivity contribution >= 4 is 23.0 Å². The first-order valence-electron chi connectivity index (χ1n) is 13.5. The van der Waals surface area contributed by atoms with E-state index in [1.807, 2.05) is 12.1 Å². The largest absolute Gasteiger partial charge is 0.387 e. The van der Waals surface area contributed by atoms with Crippen molar-refractivity contribution < 1.29 is 19.1 Å². The molecule has 2 amide bonds. The zero-order valence-electron chi connectivity index (χ0n) is 22.9. The van der Waals surface area contributed by atoms with Crippen LogP contribution in [0.15, 0.2) is 36.7 Å².